The first-order valence-corrected chi connectivity index (χ1v) is 3.90. The van der Waals surface area contributed by atoms with Gasteiger partial charge in [-0.3, -0.25) is 4.79 Å². The molecule has 0 saturated heterocycles. The Hall–Kier alpha value is -1.65. The second-order valence-corrected chi connectivity index (χ2v) is 3.03. The van der Waals surface area contributed by atoms with Crippen LogP contribution in [0.4, 0.5) is 14.5 Å². The summed E-state index contributed by atoms with van der Waals surface area (Å²) in [5.41, 5.74) is 9.82. The Kier molecular flexibility index (Phi) is 2.42. The van der Waals surface area contributed by atoms with Crippen LogP contribution < -0.4 is 11.5 Å². The van der Waals surface area contributed by atoms with Crippen LogP contribution in [0.3, 0.4) is 0 Å². The number of anilines is 1. The predicted octanol–water partition coefficient (Wildman–Crippen LogP) is 1.15. The number of carbonyl (C=O) groups excluding carboxylic acids is 1. The average Bonchev–Trinajstić information content (AvgIpc) is 2.08. The summed E-state index contributed by atoms with van der Waals surface area (Å²) in [5, 5.41) is 0. The predicted molar refractivity (Wildman–Crippen MR) is 48.7 cm³/mol. The number of hydrogen-bond donors (Lipinski definition) is 2. The van der Waals surface area contributed by atoms with Crippen molar-refractivity contribution in [2.45, 2.75) is 12.8 Å². The molecule has 1 aromatic carbocycles. The maximum atomic E-state index is 13.2. The number of halogens is 2. The molecule has 0 spiro atoms. The van der Waals surface area contributed by atoms with Crippen molar-refractivity contribution < 1.29 is 13.6 Å². The number of carbonyl (C=O) groups is 1. The topological polar surface area (TPSA) is 69.1 Å². The van der Waals surface area contributed by atoms with E-state index in [2.05, 4.69) is 5.73 Å². The van der Waals surface area contributed by atoms with E-state index >= 15 is 0 Å². The lowest BCUT2D eigenvalue weighted by Gasteiger charge is -2.15. The van der Waals surface area contributed by atoms with Gasteiger partial charge in [0, 0.05) is 5.69 Å². The Morgan fingerprint density at radius 3 is 2.50 bits per heavy atom. The minimum Gasteiger partial charge on any atom is -0.398 e. The van der Waals surface area contributed by atoms with E-state index in [0.717, 1.165) is 6.07 Å². The van der Waals surface area contributed by atoms with Crippen LogP contribution in [0.15, 0.2) is 18.2 Å². The molecule has 0 saturated carbocycles. The second-order valence-electron chi connectivity index (χ2n) is 3.03. The number of alkyl halides is 2. The minimum absolute atomic E-state index is 0.139. The fourth-order valence-corrected chi connectivity index (χ4v) is 1.07. The highest BCUT2D eigenvalue weighted by Crippen LogP contribution is 2.32. The average molecular weight is 200 g/mol. The number of hydrogen-bond acceptors (Lipinski definition) is 2. The largest absolute Gasteiger partial charge is 0.398 e. The third kappa shape index (κ3) is 1.66. The van der Waals surface area contributed by atoms with E-state index in [0.29, 0.717) is 5.56 Å². The summed E-state index contributed by atoms with van der Waals surface area (Å²) in [6.45, 7) is 1.63. The van der Waals surface area contributed by atoms with E-state index in [1.807, 2.05) is 0 Å². The van der Waals surface area contributed by atoms with Crippen LogP contribution in [0, 0.1) is 6.92 Å². The first-order valence-electron chi connectivity index (χ1n) is 3.90. The molecule has 0 radical (unpaired) electrons. The molecule has 76 valence electrons. The standard InChI is InChI=1S/C9H10F2N2O/c1-5-2-3-7(12)6(4-5)9(10,11)8(13)14/h2-4H,12H2,1H3,(H2,13,14). The van der Waals surface area contributed by atoms with E-state index < -0.39 is 17.4 Å². The first kappa shape index (κ1) is 10.4. The van der Waals surface area contributed by atoms with Crippen LogP contribution in [0.1, 0.15) is 11.1 Å². The van der Waals surface area contributed by atoms with Gasteiger partial charge in [0.25, 0.3) is 5.91 Å². The van der Waals surface area contributed by atoms with Crippen LogP contribution >= 0.6 is 0 Å². The molecule has 1 rings (SSSR count). The lowest BCUT2D eigenvalue weighted by molar-refractivity contribution is -0.143. The van der Waals surface area contributed by atoms with Crippen LogP contribution in [0.5, 0.6) is 0 Å². The Labute approximate surface area is 79.7 Å². The van der Waals surface area contributed by atoms with Crippen LogP contribution in [0.25, 0.3) is 0 Å². The van der Waals surface area contributed by atoms with E-state index in [-0.39, 0.29) is 5.69 Å². The van der Waals surface area contributed by atoms with Gasteiger partial charge in [0.2, 0.25) is 0 Å². The van der Waals surface area contributed by atoms with Crippen molar-refractivity contribution in [1.29, 1.82) is 0 Å². The van der Waals surface area contributed by atoms with E-state index in [9.17, 15) is 13.6 Å². The monoisotopic (exact) mass is 200 g/mol. The Morgan fingerprint density at radius 2 is 2.00 bits per heavy atom. The van der Waals surface area contributed by atoms with Gasteiger partial charge in [-0.15, -0.1) is 0 Å². The number of benzene rings is 1. The van der Waals surface area contributed by atoms with Crippen molar-refractivity contribution in [2.75, 3.05) is 5.73 Å². The van der Waals surface area contributed by atoms with Crippen LogP contribution in [-0.4, -0.2) is 5.91 Å². The maximum absolute atomic E-state index is 13.2. The Bertz CT molecular complexity index is 377. The van der Waals surface area contributed by atoms with Gasteiger partial charge in [-0.2, -0.15) is 8.78 Å². The van der Waals surface area contributed by atoms with Crippen molar-refractivity contribution in [2.24, 2.45) is 5.73 Å². The van der Waals surface area contributed by atoms with Gasteiger partial charge < -0.3 is 11.5 Å². The van der Waals surface area contributed by atoms with Gasteiger partial charge in [-0.05, 0) is 19.1 Å². The molecule has 0 unspecified atom stereocenters. The van der Waals surface area contributed by atoms with E-state index in [1.54, 1.807) is 13.0 Å². The number of primary amides is 1. The minimum atomic E-state index is -3.71. The zero-order valence-corrected chi connectivity index (χ0v) is 7.55. The molecule has 0 fully saturated rings. The molecule has 0 aliphatic heterocycles. The molecule has 4 N–H and O–H groups in total. The summed E-state index contributed by atoms with van der Waals surface area (Å²) >= 11 is 0. The summed E-state index contributed by atoms with van der Waals surface area (Å²) in [6.07, 6.45) is 0. The highest BCUT2D eigenvalue weighted by atomic mass is 19.3. The Balaban J connectivity index is 3.31. The molecule has 0 aliphatic carbocycles. The van der Waals surface area contributed by atoms with Crippen molar-refractivity contribution >= 4 is 11.6 Å². The third-order valence-electron chi connectivity index (χ3n) is 1.86. The van der Waals surface area contributed by atoms with Gasteiger partial charge in [0.15, 0.2) is 0 Å². The molecular formula is C9H10F2N2O. The highest BCUT2D eigenvalue weighted by molar-refractivity contribution is 5.85. The van der Waals surface area contributed by atoms with Crippen LogP contribution in [-0.2, 0) is 10.7 Å². The summed E-state index contributed by atoms with van der Waals surface area (Å²) < 4.78 is 26.3. The molecule has 0 heterocycles. The van der Waals surface area contributed by atoms with Gasteiger partial charge >= 0.3 is 5.92 Å². The number of rotatable bonds is 2. The molecule has 0 aliphatic rings. The molecule has 1 aromatic rings. The zero-order valence-electron chi connectivity index (χ0n) is 7.55. The van der Waals surface area contributed by atoms with Crippen molar-refractivity contribution in [3.8, 4) is 0 Å². The lowest BCUT2D eigenvalue weighted by Crippen LogP contribution is -2.33. The third-order valence-corrected chi connectivity index (χ3v) is 1.86. The summed E-state index contributed by atoms with van der Waals surface area (Å²) in [7, 11) is 0. The van der Waals surface area contributed by atoms with Crippen molar-refractivity contribution in [3.05, 3.63) is 29.3 Å². The smallest absolute Gasteiger partial charge is 0.351 e. The van der Waals surface area contributed by atoms with Gasteiger partial charge in [0.05, 0.1) is 5.56 Å². The van der Waals surface area contributed by atoms with E-state index in [4.69, 9.17) is 5.73 Å². The lowest BCUT2D eigenvalue weighted by atomic mass is 10.0. The molecule has 0 atom stereocenters. The molecule has 14 heavy (non-hydrogen) atoms. The molecule has 3 nitrogen and oxygen atoms in total. The van der Waals surface area contributed by atoms with Crippen molar-refractivity contribution in [3.63, 3.8) is 0 Å². The van der Waals surface area contributed by atoms with Crippen LogP contribution in [0.2, 0.25) is 0 Å². The fraction of sp³-hybridized carbons (Fsp3) is 0.222. The summed E-state index contributed by atoms with van der Waals surface area (Å²) in [4.78, 5) is 10.5. The summed E-state index contributed by atoms with van der Waals surface area (Å²) in [5.74, 6) is -5.41. The van der Waals surface area contributed by atoms with Gasteiger partial charge in [-0.1, -0.05) is 11.6 Å². The molecule has 0 aromatic heterocycles. The zero-order chi connectivity index (χ0) is 10.9. The van der Waals surface area contributed by atoms with E-state index in [1.165, 1.54) is 6.07 Å². The second kappa shape index (κ2) is 3.25. The number of nitrogens with two attached hydrogens (primary N) is 2. The van der Waals surface area contributed by atoms with Crippen molar-refractivity contribution in [1.82, 2.24) is 0 Å². The SMILES string of the molecule is Cc1ccc(N)c(C(F)(F)C(N)=O)c1. The number of amides is 1. The van der Waals surface area contributed by atoms with Gasteiger partial charge in [-0.25, -0.2) is 0 Å². The number of nitrogen functional groups attached to an aromatic ring is 1. The quantitative estimate of drug-likeness (QED) is 0.703. The fourth-order valence-electron chi connectivity index (χ4n) is 1.07. The molecule has 5 heteroatoms. The molecular weight excluding hydrogens is 190 g/mol. The van der Waals surface area contributed by atoms with Gasteiger partial charge in [0.1, 0.15) is 0 Å². The Morgan fingerprint density at radius 1 is 1.43 bits per heavy atom. The maximum Gasteiger partial charge on any atom is 0.351 e. The normalized spacial score (nSPS) is 11.4. The first-order chi connectivity index (χ1) is 6.35. The molecule has 0 bridgehead atoms. The number of aryl methyl sites for hydroxylation is 1. The summed E-state index contributed by atoms with van der Waals surface area (Å²) in [6, 6.07) is 4.05. The highest BCUT2D eigenvalue weighted by Gasteiger charge is 2.40. The molecule has 1 amide bonds.